The normalized spacial score (nSPS) is 15.5. The fourth-order valence-electron chi connectivity index (χ4n) is 3.41. The number of ether oxygens (including phenoxy) is 1. The lowest BCUT2D eigenvalue weighted by atomic mass is 10.2. The number of morpholine rings is 1. The molecule has 2 aromatic heterocycles. The zero-order valence-electron chi connectivity index (χ0n) is 17.8. The smallest absolute Gasteiger partial charge is 0.149 e. The molecule has 174 valence electrons. The Kier molecular flexibility index (Phi) is 7.12. The monoisotopic (exact) mass is 482 g/mol. The molecule has 0 aliphatic carbocycles. The van der Waals surface area contributed by atoms with Crippen LogP contribution in [-0.2, 0) is 4.74 Å². The summed E-state index contributed by atoms with van der Waals surface area (Å²) in [6.07, 6.45) is 3.66. The fraction of sp³-hybridized carbons (Fsp3) is 0.227. The van der Waals surface area contributed by atoms with Crippen LogP contribution in [-0.4, -0.2) is 58.7 Å². The zero-order valence-corrected chi connectivity index (χ0v) is 18.6. The van der Waals surface area contributed by atoms with E-state index in [1.165, 1.54) is 18.6 Å². The maximum atomic E-state index is 14.5. The summed E-state index contributed by atoms with van der Waals surface area (Å²) in [7, 11) is 0. The summed E-state index contributed by atoms with van der Waals surface area (Å²) in [6, 6.07) is 7.62. The Morgan fingerprint density at radius 2 is 2.09 bits per heavy atom. The van der Waals surface area contributed by atoms with E-state index in [0.29, 0.717) is 48.4 Å². The minimum atomic E-state index is -0.696. The predicted molar refractivity (Wildman–Crippen MR) is 126 cm³/mol. The van der Waals surface area contributed by atoms with Gasteiger partial charge in [-0.15, -0.1) is 0 Å². The third kappa shape index (κ3) is 5.20. The van der Waals surface area contributed by atoms with Crippen LogP contribution in [0, 0.1) is 22.6 Å². The Morgan fingerprint density at radius 1 is 1.26 bits per heavy atom. The van der Waals surface area contributed by atoms with Crippen molar-refractivity contribution in [2.45, 2.75) is 6.10 Å². The number of nitrogens with zero attached hydrogens (tertiary/aromatic N) is 5. The zero-order chi connectivity index (χ0) is 24.1. The molecular formula is C22H20ClFN8O2. The molecule has 10 nitrogen and oxygen atoms in total. The third-order valence-corrected chi connectivity index (χ3v) is 5.39. The molecule has 0 spiro atoms. The quantitative estimate of drug-likeness (QED) is 0.373. The second-order valence-corrected chi connectivity index (χ2v) is 7.77. The van der Waals surface area contributed by atoms with E-state index in [2.05, 4.69) is 25.6 Å². The molecule has 0 saturated carbocycles. The summed E-state index contributed by atoms with van der Waals surface area (Å²) in [5.41, 5.74) is 0.863. The van der Waals surface area contributed by atoms with Crippen LogP contribution in [0.25, 0.3) is 0 Å². The highest BCUT2D eigenvalue weighted by Gasteiger charge is 2.21. The fourth-order valence-corrected chi connectivity index (χ4v) is 3.66. The molecule has 1 atom stereocenters. The standard InChI is InChI=1S/C22H20ClFN8O2/c23-16-3-13(7-25)4-17(24)22(16)30-18-5-19(27-9-14(18)8-26)31-20-6-21(29-12-28-20)32-1-2-34-15(10-32)11-33/h3-6,8-9,12,15,26,33H,1-2,10-11H2,(H2,27,28,29,30,31)/t15-/m1/s1. The number of aromatic nitrogens is 3. The lowest BCUT2D eigenvalue weighted by Crippen LogP contribution is -2.44. The van der Waals surface area contributed by atoms with Crippen molar-refractivity contribution in [3.8, 4) is 6.07 Å². The van der Waals surface area contributed by atoms with Crippen molar-refractivity contribution in [2.75, 3.05) is 41.8 Å². The van der Waals surface area contributed by atoms with Crippen LogP contribution in [0.2, 0.25) is 5.02 Å². The molecule has 3 aromatic rings. The van der Waals surface area contributed by atoms with Gasteiger partial charge in [-0.1, -0.05) is 11.6 Å². The van der Waals surface area contributed by atoms with E-state index in [1.54, 1.807) is 12.1 Å². The Labute approximate surface area is 199 Å². The van der Waals surface area contributed by atoms with Crippen molar-refractivity contribution in [1.29, 1.82) is 10.7 Å². The molecule has 0 bridgehead atoms. The Bertz CT molecular complexity index is 1230. The summed E-state index contributed by atoms with van der Waals surface area (Å²) < 4.78 is 20.0. The number of rotatable bonds is 7. The summed E-state index contributed by atoms with van der Waals surface area (Å²) in [5.74, 6) is 0.831. The second kappa shape index (κ2) is 10.4. The van der Waals surface area contributed by atoms with Gasteiger partial charge in [0.1, 0.15) is 29.6 Å². The minimum Gasteiger partial charge on any atom is -0.394 e. The van der Waals surface area contributed by atoms with Crippen LogP contribution >= 0.6 is 11.6 Å². The average molecular weight is 483 g/mol. The molecule has 0 amide bonds. The molecule has 1 saturated heterocycles. The number of hydrogen-bond acceptors (Lipinski definition) is 10. The van der Waals surface area contributed by atoms with E-state index in [-0.39, 0.29) is 29.0 Å². The van der Waals surface area contributed by atoms with Gasteiger partial charge >= 0.3 is 0 Å². The minimum absolute atomic E-state index is 0.0176. The molecule has 34 heavy (non-hydrogen) atoms. The first-order valence-corrected chi connectivity index (χ1v) is 10.6. The van der Waals surface area contributed by atoms with E-state index in [9.17, 15) is 9.50 Å². The van der Waals surface area contributed by atoms with Crippen LogP contribution < -0.4 is 15.5 Å². The highest BCUT2D eigenvalue weighted by Crippen LogP contribution is 2.32. The van der Waals surface area contributed by atoms with Crippen molar-refractivity contribution in [3.05, 3.63) is 58.8 Å². The average Bonchev–Trinajstić information content (AvgIpc) is 2.86. The number of aliphatic hydroxyl groups excluding tert-OH is 1. The van der Waals surface area contributed by atoms with Crippen molar-refractivity contribution >= 4 is 46.6 Å². The number of pyridine rings is 1. The molecule has 1 aliphatic heterocycles. The predicted octanol–water partition coefficient (Wildman–Crippen LogP) is 3.22. The molecule has 0 unspecified atom stereocenters. The summed E-state index contributed by atoms with van der Waals surface area (Å²) in [4.78, 5) is 14.8. The molecule has 3 heterocycles. The van der Waals surface area contributed by atoms with E-state index in [1.807, 2.05) is 11.0 Å². The second-order valence-electron chi connectivity index (χ2n) is 7.36. The Hall–Kier alpha value is -3.85. The van der Waals surface area contributed by atoms with E-state index < -0.39 is 5.82 Å². The van der Waals surface area contributed by atoms with Crippen LogP contribution in [0.5, 0.6) is 0 Å². The van der Waals surface area contributed by atoms with Crippen LogP contribution in [0.4, 0.5) is 33.2 Å². The molecular weight excluding hydrogens is 463 g/mol. The summed E-state index contributed by atoms with van der Waals surface area (Å²) >= 11 is 6.15. The van der Waals surface area contributed by atoms with Gasteiger partial charge in [0.25, 0.3) is 0 Å². The van der Waals surface area contributed by atoms with Gasteiger partial charge in [0.15, 0.2) is 0 Å². The first-order valence-electron chi connectivity index (χ1n) is 10.2. The van der Waals surface area contributed by atoms with Crippen molar-refractivity contribution < 1.29 is 14.2 Å². The van der Waals surface area contributed by atoms with Crippen molar-refractivity contribution in [1.82, 2.24) is 15.0 Å². The van der Waals surface area contributed by atoms with Gasteiger partial charge in [0.05, 0.1) is 47.3 Å². The van der Waals surface area contributed by atoms with Gasteiger partial charge < -0.3 is 30.8 Å². The number of anilines is 5. The number of aliphatic hydroxyl groups is 1. The van der Waals surface area contributed by atoms with Gasteiger partial charge in [-0.25, -0.2) is 19.3 Å². The summed E-state index contributed by atoms with van der Waals surface area (Å²) in [6.45, 7) is 1.54. The number of nitrogens with one attached hydrogen (secondary N) is 3. The molecule has 0 radical (unpaired) electrons. The van der Waals surface area contributed by atoms with E-state index in [4.69, 9.17) is 27.0 Å². The molecule has 12 heteroatoms. The van der Waals surface area contributed by atoms with Crippen LogP contribution in [0.15, 0.2) is 36.8 Å². The number of benzene rings is 1. The lowest BCUT2D eigenvalue weighted by Gasteiger charge is -2.32. The number of halogens is 2. The largest absolute Gasteiger partial charge is 0.394 e. The van der Waals surface area contributed by atoms with Gasteiger partial charge in [-0.3, -0.25) is 0 Å². The highest BCUT2D eigenvalue weighted by molar-refractivity contribution is 6.33. The first kappa shape index (κ1) is 23.3. The Balaban J connectivity index is 1.57. The molecule has 4 rings (SSSR count). The number of nitriles is 1. The van der Waals surface area contributed by atoms with Gasteiger partial charge in [0, 0.05) is 43.2 Å². The van der Waals surface area contributed by atoms with Crippen molar-refractivity contribution in [2.24, 2.45) is 0 Å². The first-order chi connectivity index (χ1) is 16.5. The number of hydrogen-bond donors (Lipinski definition) is 4. The maximum Gasteiger partial charge on any atom is 0.149 e. The van der Waals surface area contributed by atoms with Gasteiger partial charge in [-0.2, -0.15) is 5.26 Å². The summed E-state index contributed by atoms with van der Waals surface area (Å²) in [5, 5.41) is 32.0. The molecule has 1 fully saturated rings. The van der Waals surface area contributed by atoms with Crippen LogP contribution in [0.1, 0.15) is 11.1 Å². The topological polar surface area (TPSA) is 143 Å². The Morgan fingerprint density at radius 3 is 2.82 bits per heavy atom. The van der Waals surface area contributed by atoms with E-state index >= 15 is 0 Å². The highest BCUT2D eigenvalue weighted by atomic mass is 35.5. The van der Waals surface area contributed by atoms with Gasteiger partial charge in [0.2, 0.25) is 0 Å². The molecule has 4 N–H and O–H groups in total. The molecule has 1 aliphatic rings. The van der Waals surface area contributed by atoms with Crippen LogP contribution in [0.3, 0.4) is 0 Å². The SMILES string of the molecule is N#Cc1cc(F)c(Nc2cc(Nc3cc(N4CCO[C@@H](CO)C4)ncn3)ncc2C=N)c(Cl)c1. The van der Waals surface area contributed by atoms with Crippen molar-refractivity contribution in [3.63, 3.8) is 0 Å². The third-order valence-electron chi connectivity index (χ3n) is 5.10. The van der Waals surface area contributed by atoms with Gasteiger partial charge in [-0.05, 0) is 12.1 Å². The maximum absolute atomic E-state index is 14.5. The molecule has 1 aromatic carbocycles. The lowest BCUT2D eigenvalue weighted by molar-refractivity contribution is 0.00336. The van der Waals surface area contributed by atoms with E-state index in [0.717, 1.165) is 12.3 Å².